The molecule has 2 aromatic carbocycles. The van der Waals surface area contributed by atoms with Crippen LogP contribution in [-0.2, 0) is 39.9 Å². The highest BCUT2D eigenvalue weighted by Crippen LogP contribution is 2.22. The smallest absolute Gasteiger partial charge is 0.408 e. The predicted octanol–water partition coefficient (Wildman–Crippen LogP) is 3.79. The van der Waals surface area contributed by atoms with Crippen LogP contribution in [0, 0.1) is 5.92 Å². The topological polar surface area (TPSA) is 199 Å². The molecular weight excluding hydrogens is 839 g/mol. The van der Waals surface area contributed by atoms with E-state index in [-0.39, 0.29) is 38.4 Å². The third kappa shape index (κ3) is 15.4. The maximum absolute atomic E-state index is 14.1. The van der Waals surface area contributed by atoms with Crippen LogP contribution in [0.2, 0.25) is 0 Å². The SMILES string of the molecule is CC(C)C[C@H](NC(=O)[C@@H]1CCCN1C(=O)[C@@H](Cc1ccccc1)NC(=O)OC(C)(C)C)C(=O)NCC(=O)N1CCC[C@H]1C(=O)NC(=O)CNc1ccc(N(CCCl)CCCl)cc1. The molecule has 0 spiro atoms. The number of hydrogen-bond donors (Lipinski definition) is 5. The number of amides is 7. The molecule has 62 heavy (non-hydrogen) atoms. The van der Waals surface area contributed by atoms with Gasteiger partial charge in [-0.2, -0.15) is 0 Å². The van der Waals surface area contributed by atoms with Gasteiger partial charge in [-0.25, -0.2) is 4.79 Å². The van der Waals surface area contributed by atoms with Crippen molar-refractivity contribution in [2.24, 2.45) is 5.92 Å². The van der Waals surface area contributed by atoms with Crippen LogP contribution >= 0.6 is 23.2 Å². The van der Waals surface area contributed by atoms with Gasteiger partial charge in [0.15, 0.2) is 0 Å². The Morgan fingerprint density at radius 2 is 1.40 bits per heavy atom. The number of ether oxygens (including phenoxy) is 1. The number of halogens is 2. The van der Waals surface area contributed by atoms with E-state index in [0.717, 1.165) is 11.3 Å². The van der Waals surface area contributed by atoms with E-state index in [4.69, 9.17) is 27.9 Å². The van der Waals surface area contributed by atoms with Crippen molar-refractivity contribution >= 4 is 76.1 Å². The number of anilines is 2. The Balaban J connectivity index is 1.32. The first kappa shape index (κ1) is 49.6. The van der Waals surface area contributed by atoms with Crippen LogP contribution in [0.25, 0.3) is 0 Å². The number of carbonyl (C=O) groups is 7. The molecule has 5 N–H and O–H groups in total. The van der Waals surface area contributed by atoms with Gasteiger partial charge >= 0.3 is 6.09 Å². The van der Waals surface area contributed by atoms with Gasteiger partial charge in [-0.05, 0) is 88.6 Å². The third-order valence-corrected chi connectivity index (χ3v) is 10.7. The Labute approximate surface area is 374 Å². The maximum Gasteiger partial charge on any atom is 0.408 e. The summed E-state index contributed by atoms with van der Waals surface area (Å²) in [5.74, 6) is -2.39. The molecule has 2 aromatic rings. The number of hydrogen-bond acceptors (Lipinski definition) is 10. The highest BCUT2D eigenvalue weighted by Gasteiger charge is 2.40. The normalized spacial score (nSPS) is 17.2. The molecule has 18 heteroatoms. The summed E-state index contributed by atoms with van der Waals surface area (Å²) in [6.07, 6.45) is 1.42. The van der Waals surface area contributed by atoms with Crippen LogP contribution in [0.5, 0.6) is 0 Å². The second-order valence-corrected chi connectivity index (χ2v) is 17.7. The first-order valence-electron chi connectivity index (χ1n) is 21.3. The third-order valence-electron chi connectivity index (χ3n) is 10.4. The fraction of sp³-hybridized carbons (Fsp3) is 0.568. The lowest BCUT2D eigenvalue weighted by atomic mass is 10.0. The molecule has 0 aromatic heterocycles. The maximum atomic E-state index is 14.1. The molecule has 0 bridgehead atoms. The molecule has 16 nitrogen and oxygen atoms in total. The second-order valence-electron chi connectivity index (χ2n) is 16.9. The van der Waals surface area contributed by atoms with Crippen LogP contribution in [0.3, 0.4) is 0 Å². The zero-order valence-electron chi connectivity index (χ0n) is 36.3. The molecule has 0 unspecified atom stereocenters. The highest BCUT2D eigenvalue weighted by atomic mass is 35.5. The molecule has 2 aliphatic heterocycles. The number of likely N-dealkylation sites (tertiary alicyclic amines) is 2. The molecule has 0 saturated carbocycles. The molecule has 2 saturated heterocycles. The minimum absolute atomic E-state index is 0.0260. The standard InChI is InChI=1S/C44H62Cl2N8O8/c1-29(2)25-33(49-40(58)36-14-10-22-54(36)42(60)34(26-30-11-7-6-8-12-30)50-43(61)62-44(3,4)5)39(57)48-28-38(56)53-21-9-13-35(53)41(59)51-37(55)27-47-31-15-17-32(18-16-31)52(23-19-45)24-20-46/h6-8,11-12,15-18,29,33-36,47H,9-10,13-14,19-28H2,1-5H3,(H,48,57)(H,49,58)(H,50,61)(H,51,55,59)/t33-,34+,35-,36-/m0/s1. The van der Waals surface area contributed by atoms with Crippen molar-refractivity contribution in [1.29, 1.82) is 0 Å². The van der Waals surface area contributed by atoms with Gasteiger partial charge in [0.2, 0.25) is 35.4 Å². The summed E-state index contributed by atoms with van der Waals surface area (Å²) < 4.78 is 5.44. The van der Waals surface area contributed by atoms with Gasteiger partial charge < -0.3 is 40.7 Å². The van der Waals surface area contributed by atoms with Gasteiger partial charge in [-0.1, -0.05) is 44.2 Å². The fourth-order valence-electron chi connectivity index (χ4n) is 7.51. The van der Waals surface area contributed by atoms with Crippen LogP contribution in [-0.4, -0.2) is 132 Å². The van der Waals surface area contributed by atoms with Crippen LogP contribution in [0.1, 0.15) is 72.3 Å². The lowest BCUT2D eigenvalue weighted by molar-refractivity contribution is -0.141. The molecule has 2 heterocycles. The zero-order valence-corrected chi connectivity index (χ0v) is 37.9. The van der Waals surface area contributed by atoms with Crippen molar-refractivity contribution < 1.29 is 38.3 Å². The molecule has 0 aliphatic carbocycles. The largest absolute Gasteiger partial charge is 0.444 e. The van der Waals surface area contributed by atoms with Gasteiger partial charge in [0.1, 0.15) is 29.8 Å². The molecule has 7 amide bonds. The Kier molecular flexibility index (Phi) is 19.1. The summed E-state index contributed by atoms with van der Waals surface area (Å²) in [5, 5.41) is 13.5. The summed E-state index contributed by atoms with van der Waals surface area (Å²) in [6, 6.07) is 12.7. The van der Waals surface area contributed by atoms with Crippen molar-refractivity contribution in [2.45, 2.75) is 103 Å². The number of benzene rings is 2. The first-order chi connectivity index (χ1) is 29.5. The summed E-state index contributed by atoms with van der Waals surface area (Å²) in [6.45, 7) is 10.1. The van der Waals surface area contributed by atoms with Gasteiger partial charge in [-0.3, -0.25) is 34.1 Å². The van der Waals surface area contributed by atoms with E-state index in [0.29, 0.717) is 56.2 Å². The number of imide groups is 1. The van der Waals surface area contributed by atoms with Crippen molar-refractivity contribution in [1.82, 2.24) is 31.1 Å². The molecular formula is C44H62Cl2N8O8. The summed E-state index contributed by atoms with van der Waals surface area (Å²) in [5.41, 5.74) is 1.61. The molecule has 4 rings (SSSR count). The Bertz CT molecular complexity index is 1840. The minimum atomic E-state index is -1.03. The van der Waals surface area contributed by atoms with Gasteiger partial charge in [0, 0.05) is 55.7 Å². The molecule has 4 atom stereocenters. The van der Waals surface area contributed by atoms with Crippen molar-refractivity contribution in [3.63, 3.8) is 0 Å². The van der Waals surface area contributed by atoms with Crippen LogP contribution in [0.4, 0.5) is 16.2 Å². The van der Waals surface area contributed by atoms with Gasteiger partial charge in [0.05, 0.1) is 13.1 Å². The Morgan fingerprint density at radius 1 is 0.790 bits per heavy atom. The minimum Gasteiger partial charge on any atom is -0.444 e. The van der Waals surface area contributed by atoms with E-state index in [1.165, 1.54) is 9.80 Å². The van der Waals surface area contributed by atoms with Crippen LogP contribution < -0.4 is 31.5 Å². The predicted molar refractivity (Wildman–Crippen MR) is 239 cm³/mol. The molecule has 340 valence electrons. The Hall–Kier alpha value is -5.09. The van der Waals surface area contributed by atoms with E-state index < -0.39 is 77.8 Å². The lowest BCUT2D eigenvalue weighted by Crippen LogP contribution is -2.57. The molecule has 0 radical (unpaired) electrons. The van der Waals surface area contributed by atoms with E-state index in [1.807, 2.05) is 73.3 Å². The van der Waals surface area contributed by atoms with Crippen molar-refractivity contribution in [3.05, 3.63) is 60.2 Å². The van der Waals surface area contributed by atoms with Crippen molar-refractivity contribution in [3.8, 4) is 0 Å². The number of rotatable bonds is 20. The average Bonchev–Trinajstić information content (AvgIpc) is 3.92. The Morgan fingerprint density at radius 3 is 2.00 bits per heavy atom. The molecule has 2 fully saturated rings. The summed E-state index contributed by atoms with van der Waals surface area (Å²) in [4.78, 5) is 98.5. The van der Waals surface area contributed by atoms with Crippen molar-refractivity contribution in [2.75, 3.05) is 61.2 Å². The number of alkyl carbamates (subject to hydrolysis) is 1. The monoisotopic (exact) mass is 900 g/mol. The number of nitrogens with zero attached hydrogens (tertiary/aromatic N) is 3. The molecule has 2 aliphatic rings. The van der Waals surface area contributed by atoms with Gasteiger partial charge in [0.25, 0.3) is 0 Å². The lowest BCUT2D eigenvalue weighted by Gasteiger charge is -2.30. The average molecular weight is 902 g/mol. The number of alkyl halides is 2. The second kappa shape index (κ2) is 23.9. The summed E-state index contributed by atoms with van der Waals surface area (Å²) in [7, 11) is 0. The number of nitrogens with one attached hydrogen (secondary N) is 5. The van der Waals surface area contributed by atoms with E-state index in [2.05, 4.69) is 26.6 Å². The quantitative estimate of drug-likeness (QED) is 0.122. The van der Waals surface area contributed by atoms with E-state index >= 15 is 0 Å². The first-order valence-corrected chi connectivity index (χ1v) is 22.3. The number of carbonyl (C=O) groups excluding carboxylic acids is 7. The highest BCUT2D eigenvalue weighted by molar-refractivity contribution is 6.18. The summed E-state index contributed by atoms with van der Waals surface area (Å²) >= 11 is 11.8. The zero-order chi connectivity index (χ0) is 45.4. The fourth-order valence-corrected chi connectivity index (χ4v) is 7.92. The van der Waals surface area contributed by atoms with Crippen LogP contribution in [0.15, 0.2) is 54.6 Å². The van der Waals surface area contributed by atoms with Gasteiger partial charge in [-0.15, -0.1) is 23.2 Å². The van der Waals surface area contributed by atoms with E-state index in [9.17, 15) is 33.6 Å². The van der Waals surface area contributed by atoms with E-state index in [1.54, 1.807) is 20.8 Å².